The highest BCUT2D eigenvalue weighted by Gasteiger charge is 2.23. The Morgan fingerprint density at radius 3 is 2.56 bits per heavy atom. The number of imidazole rings is 1. The molecular weight excluding hydrogens is 334 g/mol. The van der Waals surface area contributed by atoms with Gasteiger partial charge in [0.2, 0.25) is 0 Å². The van der Waals surface area contributed by atoms with Crippen LogP contribution in [0, 0.1) is 0 Å². The Morgan fingerprint density at radius 2 is 1.70 bits per heavy atom. The molecule has 1 N–H and O–H groups in total. The van der Waals surface area contributed by atoms with Crippen molar-refractivity contribution in [2.24, 2.45) is 0 Å². The van der Waals surface area contributed by atoms with Gasteiger partial charge in [0, 0.05) is 25.7 Å². The zero-order valence-corrected chi connectivity index (χ0v) is 16.5. The maximum atomic E-state index is 12.5. The Bertz CT molecular complexity index is 824. The molecule has 2 aromatic rings. The second-order valence-electron chi connectivity index (χ2n) is 8.35. The molecular formula is C23H33N3O. The molecule has 27 heavy (non-hydrogen) atoms. The van der Waals surface area contributed by atoms with Crippen LogP contribution in [0.15, 0.2) is 40.7 Å². The van der Waals surface area contributed by atoms with Crippen LogP contribution in [0.25, 0.3) is 11.0 Å². The van der Waals surface area contributed by atoms with Crippen molar-refractivity contribution < 1.29 is 0 Å². The van der Waals surface area contributed by atoms with Crippen molar-refractivity contribution in [3.05, 3.63) is 46.4 Å². The van der Waals surface area contributed by atoms with Gasteiger partial charge in [-0.3, -0.25) is 9.47 Å². The van der Waals surface area contributed by atoms with Crippen molar-refractivity contribution in [2.75, 3.05) is 19.6 Å². The number of para-hydroxylation sites is 2. The van der Waals surface area contributed by atoms with Crippen molar-refractivity contribution in [1.29, 1.82) is 0 Å². The summed E-state index contributed by atoms with van der Waals surface area (Å²) in [5.41, 5.74) is 3.71. The van der Waals surface area contributed by atoms with Gasteiger partial charge in [-0.05, 0) is 50.7 Å². The molecule has 1 aromatic heterocycles. The smallest absolute Gasteiger partial charge is 0.306 e. The number of piperidine rings is 1. The Hall–Kier alpha value is -1.81. The molecule has 1 saturated heterocycles. The van der Waals surface area contributed by atoms with Crippen LogP contribution in [-0.4, -0.2) is 34.1 Å². The largest absolute Gasteiger partial charge is 0.326 e. The van der Waals surface area contributed by atoms with E-state index in [-0.39, 0.29) is 5.69 Å². The highest BCUT2D eigenvalue weighted by Crippen LogP contribution is 2.26. The summed E-state index contributed by atoms with van der Waals surface area (Å²) in [6, 6.07) is 8.38. The minimum atomic E-state index is 0.0460. The standard InChI is InChI=1S/C23H33N3O/c27-23-24-21-12-8-9-13-22(21)26(23)20-14-16-25(17-15-20)18-19-10-6-4-2-1-3-5-7-11-19/h8-10,12-13,20H,1-7,11,14-18H2,(H,24,27)/b19-10+. The molecule has 0 unspecified atom stereocenters. The van der Waals surface area contributed by atoms with Gasteiger partial charge in [-0.25, -0.2) is 4.79 Å². The molecule has 4 nitrogen and oxygen atoms in total. The number of aromatic nitrogens is 2. The van der Waals surface area contributed by atoms with Crippen LogP contribution in [0.4, 0.5) is 0 Å². The molecule has 146 valence electrons. The molecule has 4 heteroatoms. The van der Waals surface area contributed by atoms with Crippen LogP contribution in [0.2, 0.25) is 0 Å². The lowest BCUT2D eigenvalue weighted by atomic mass is 9.98. The molecule has 0 spiro atoms. The van der Waals surface area contributed by atoms with E-state index in [1.807, 2.05) is 22.8 Å². The Balaban J connectivity index is 1.37. The van der Waals surface area contributed by atoms with Gasteiger partial charge in [0.1, 0.15) is 0 Å². The summed E-state index contributed by atoms with van der Waals surface area (Å²) in [6.07, 6.45) is 15.5. The number of allylic oxidation sites excluding steroid dienone is 1. The summed E-state index contributed by atoms with van der Waals surface area (Å²) in [5.74, 6) is 0. The summed E-state index contributed by atoms with van der Waals surface area (Å²) >= 11 is 0. The molecule has 0 radical (unpaired) electrons. The SMILES string of the molecule is O=c1[nH]c2ccccc2n1C1CCN(C/C2=C/CCCCCCCC2)CC1. The van der Waals surface area contributed by atoms with Crippen LogP contribution >= 0.6 is 0 Å². The first-order valence-electron chi connectivity index (χ1n) is 10.9. The fraction of sp³-hybridized carbons (Fsp3) is 0.609. The minimum absolute atomic E-state index is 0.0460. The second kappa shape index (κ2) is 8.92. The molecule has 4 rings (SSSR count). The first kappa shape index (κ1) is 18.5. The molecule has 1 aromatic carbocycles. The number of nitrogens with one attached hydrogen (secondary N) is 1. The Kier molecular flexibility index (Phi) is 6.13. The number of rotatable bonds is 3. The zero-order valence-electron chi connectivity index (χ0n) is 16.5. The molecule has 0 atom stereocenters. The van der Waals surface area contributed by atoms with Crippen LogP contribution in [-0.2, 0) is 0 Å². The van der Waals surface area contributed by atoms with Gasteiger partial charge in [-0.15, -0.1) is 0 Å². The lowest BCUT2D eigenvalue weighted by molar-refractivity contribution is 0.198. The van der Waals surface area contributed by atoms with E-state index in [0.717, 1.165) is 43.5 Å². The van der Waals surface area contributed by atoms with Gasteiger partial charge in [0.05, 0.1) is 11.0 Å². The fourth-order valence-corrected chi connectivity index (χ4v) is 4.81. The summed E-state index contributed by atoms with van der Waals surface area (Å²) < 4.78 is 2.00. The van der Waals surface area contributed by atoms with Crippen molar-refractivity contribution in [3.63, 3.8) is 0 Å². The molecule has 2 aliphatic rings. The number of benzene rings is 1. The summed E-state index contributed by atoms with van der Waals surface area (Å²) in [7, 11) is 0. The van der Waals surface area contributed by atoms with Crippen molar-refractivity contribution in [2.45, 2.75) is 70.3 Å². The number of aromatic amines is 1. The van der Waals surface area contributed by atoms with Crippen LogP contribution < -0.4 is 5.69 Å². The zero-order chi connectivity index (χ0) is 18.5. The average Bonchev–Trinajstić information content (AvgIpc) is 3.03. The van der Waals surface area contributed by atoms with Gasteiger partial charge in [-0.2, -0.15) is 0 Å². The summed E-state index contributed by atoms with van der Waals surface area (Å²) in [5, 5.41) is 0. The maximum absolute atomic E-state index is 12.5. The van der Waals surface area contributed by atoms with Crippen molar-refractivity contribution >= 4 is 11.0 Å². The first-order chi connectivity index (χ1) is 13.3. The van der Waals surface area contributed by atoms with E-state index < -0.39 is 0 Å². The van der Waals surface area contributed by atoms with E-state index in [0.29, 0.717) is 6.04 Å². The summed E-state index contributed by atoms with van der Waals surface area (Å²) in [4.78, 5) is 18.1. The molecule has 2 heterocycles. The predicted octanol–water partition coefficient (Wildman–Crippen LogP) is 5.03. The maximum Gasteiger partial charge on any atom is 0.326 e. The number of hydrogen-bond acceptors (Lipinski definition) is 2. The number of fused-ring (bicyclic) bond motifs is 1. The lowest BCUT2D eigenvalue weighted by Crippen LogP contribution is -2.38. The molecule has 1 fully saturated rings. The van der Waals surface area contributed by atoms with E-state index in [1.54, 1.807) is 5.57 Å². The normalized spacial score (nSPS) is 23.2. The number of H-pyrrole nitrogens is 1. The predicted molar refractivity (Wildman–Crippen MR) is 112 cm³/mol. The topological polar surface area (TPSA) is 41.0 Å². The third-order valence-electron chi connectivity index (χ3n) is 6.36. The van der Waals surface area contributed by atoms with E-state index in [2.05, 4.69) is 22.0 Å². The van der Waals surface area contributed by atoms with Crippen molar-refractivity contribution in [1.82, 2.24) is 14.5 Å². The molecule has 1 aliphatic heterocycles. The van der Waals surface area contributed by atoms with Gasteiger partial charge in [-0.1, -0.05) is 49.5 Å². The van der Waals surface area contributed by atoms with Gasteiger partial charge in [0.15, 0.2) is 0 Å². The molecule has 0 amide bonds. The van der Waals surface area contributed by atoms with Crippen molar-refractivity contribution in [3.8, 4) is 0 Å². The van der Waals surface area contributed by atoms with Gasteiger partial charge < -0.3 is 4.98 Å². The van der Waals surface area contributed by atoms with Crippen LogP contribution in [0.1, 0.15) is 70.3 Å². The number of nitrogens with zero attached hydrogens (tertiary/aromatic N) is 2. The molecule has 0 saturated carbocycles. The minimum Gasteiger partial charge on any atom is -0.306 e. The van der Waals surface area contributed by atoms with Gasteiger partial charge >= 0.3 is 5.69 Å². The summed E-state index contributed by atoms with van der Waals surface area (Å²) in [6.45, 7) is 3.32. The van der Waals surface area contributed by atoms with E-state index >= 15 is 0 Å². The first-order valence-corrected chi connectivity index (χ1v) is 10.9. The fourth-order valence-electron chi connectivity index (χ4n) is 4.81. The van der Waals surface area contributed by atoms with Gasteiger partial charge in [0.25, 0.3) is 0 Å². The van der Waals surface area contributed by atoms with E-state index in [1.165, 1.54) is 51.4 Å². The third kappa shape index (κ3) is 4.55. The van der Waals surface area contributed by atoms with E-state index in [9.17, 15) is 4.79 Å². The Labute approximate surface area is 162 Å². The number of likely N-dealkylation sites (tertiary alicyclic amines) is 1. The lowest BCUT2D eigenvalue weighted by Gasteiger charge is -2.33. The number of hydrogen-bond donors (Lipinski definition) is 1. The quantitative estimate of drug-likeness (QED) is 0.773. The van der Waals surface area contributed by atoms with Crippen LogP contribution in [0.3, 0.4) is 0 Å². The third-order valence-corrected chi connectivity index (χ3v) is 6.36. The molecule has 0 bridgehead atoms. The van der Waals surface area contributed by atoms with Crippen LogP contribution in [0.5, 0.6) is 0 Å². The molecule has 1 aliphatic carbocycles. The second-order valence-corrected chi connectivity index (χ2v) is 8.35. The van der Waals surface area contributed by atoms with E-state index in [4.69, 9.17) is 0 Å². The average molecular weight is 368 g/mol. The highest BCUT2D eigenvalue weighted by atomic mass is 16.1. The Morgan fingerprint density at radius 1 is 0.963 bits per heavy atom. The monoisotopic (exact) mass is 367 g/mol. The highest BCUT2D eigenvalue weighted by molar-refractivity contribution is 5.75.